The van der Waals surface area contributed by atoms with E-state index in [4.69, 9.17) is 4.74 Å². The molecule has 1 N–H and O–H groups in total. The molecule has 2 heterocycles. The van der Waals surface area contributed by atoms with Crippen molar-refractivity contribution in [1.29, 1.82) is 0 Å². The van der Waals surface area contributed by atoms with Crippen molar-refractivity contribution in [1.82, 2.24) is 5.32 Å². The smallest absolute Gasteiger partial charge is 0.0733 e. The first-order valence-corrected chi connectivity index (χ1v) is 8.26. The maximum Gasteiger partial charge on any atom is 0.0733 e. The largest absolute Gasteiger partial charge is 0.373 e. The molecular formula is C16H20BrNO. The van der Waals surface area contributed by atoms with Gasteiger partial charge in [0.15, 0.2) is 0 Å². The summed E-state index contributed by atoms with van der Waals surface area (Å²) in [7, 11) is 0. The number of halogens is 1. The summed E-state index contributed by atoms with van der Waals surface area (Å²) < 4.78 is 7.15. The van der Waals surface area contributed by atoms with Crippen LogP contribution >= 0.6 is 15.9 Å². The molecule has 19 heavy (non-hydrogen) atoms. The second-order valence-corrected chi connectivity index (χ2v) is 7.15. The van der Waals surface area contributed by atoms with E-state index in [1.165, 1.54) is 54.1 Å². The third-order valence-electron chi connectivity index (χ3n) is 4.95. The molecule has 1 aromatic rings. The predicted octanol–water partition coefficient (Wildman–Crippen LogP) is 3.22. The van der Waals surface area contributed by atoms with Crippen LogP contribution in [0.4, 0.5) is 0 Å². The lowest BCUT2D eigenvalue weighted by molar-refractivity contribution is 0.0957. The Kier molecular flexibility index (Phi) is 3.17. The fraction of sp³-hybridized carbons (Fsp3) is 0.625. The van der Waals surface area contributed by atoms with Crippen LogP contribution in [0, 0.1) is 0 Å². The van der Waals surface area contributed by atoms with E-state index in [9.17, 15) is 0 Å². The number of benzene rings is 1. The van der Waals surface area contributed by atoms with Gasteiger partial charge in [0.1, 0.15) is 0 Å². The Morgan fingerprint density at radius 1 is 1.16 bits per heavy atom. The lowest BCUT2D eigenvalue weighted by atomic mass is 9.86. The zero-order valence-corrected chi connectivity index (χ0v) is 12.7. The van der Waals surface area contributed by atoms with Crippen molar-refractivity contribution in [2.75, 3.05) is 0 Å². The molecule has 0 radical (unpaired) electrons. The van der Waals surface area contributed by atoms with Crippen LogP contribution in [0.3, 0.4) is 0 Å². The molecular weight excluding hydrogens is 302 g/mol. The van der Waals surface area contributed by atoms with Crippen molar-refractivity contribution in [3.05, 3.63) is 33.8 Å². The second kappa shape index (κ2) is 4.87. The summed E-state index contributed by atoms with van der Waals surface area (Å²) in [5, 5.41) is 3.87. The average molecular weight is 322 g/mol. The lowest BCUT2D eigenvalue weighted by Crippen LogP contribution is -2.46. The van der Waals surface area contributed by atoms with Gasteiger partial charge in [-0.05, 0) is 61.8 Å². The summed E-state index contributed by atoms with van der Waals surface area (Å²) in [5.41, 5.74) is 3.05. The van der Waals surface area contributed by atoms with Gasteiger partial charge in [-0.2, -0.15) is 0 Å². The third kappa shape index (κ3) is 2.37. The van der Waals surface area contributed by atoms with Gasteiger partial charge in [0.25, 0.3) is 0 Å². The summed E-state index contributed by atoms with van der Waals surface area (Å²) in [5.74, 6) is 0. The molecule has 3 aliphatic rings. The standard InChI is InChI=1S/C16H20BrNO/c17-12-3-1-11-8-13(4-2-10(11)7-12)18-15-9-14-5-6-16(15)19-14/h1,3,7,13-16,18H,2,4-6,8-9H2. The highest BCUT2D eigenvalue weighted by molar-refractivity contribution is 9.10. The van der Waals surface area contributed by atoms with Crippen molar-refractivity contribution in [3.63, 3.8) is 0 Å². The van der Waals surface area contributed by atoms with Crippen LogP contribution < -0.4 is 5.32 Å². The molecule has 102 valence electrons. The fourth-order valence-electron chi connectivity index (χ4n) is 3.98. The molecule has 2 nitrogen and oxygen atoms in total. The van der Waals surface area contributed by atoms with Gasteiger partial charge in [-0.1, -0.05) is 22.0 Å². The summed E-state index contributed by atoms with van der Waals surface area (Å²) >= 11 is 3.57. The SMILES string of the molecule is Brc1ccc2c(c1)CCC(NC1CC3CCC1O3)C2. The van der Waals surface area contributed by atoms with Crippen LogP contribution in [-0.2, 0) is 17.6 Å². The summed E-state index contributed by atoms with van der Waals surface area (Å²) in [6.07, 6.45) is 8.46. The van der Waals surface area contributed by atoms with Gasteiger partial charge in [0.2, 0.25) is 0 Å². The average Bonchev–Trinajstić information content (AvgIpc) is 3.01. The molecule has 4 rings (SSSR count). The van der Waals surface area contributed by atoms with Crippen LogP contribution in [0.15, 0.2) is 22.7 Å². The second-order valence-electron chi connectivity index (χ2n) is 6.24. The molecule has 0 spiro atoms. The van der Waals surface area contributed by atoms with Crippen LogP contribution in [0.25, 0.3) is 0 Å². The number of hydrogen-bond donors (Lipinski definition) is 1. The highest BCUT2D eigenvalue weighted by atomic mass is 79.9. The Morgan fingerprint density at radius 3 is 2.89 bits per heavy atom. The van der Waals surface area contributed by atoms with E-state index in [1.807, 2.05) is 0 Å². The summed E-state index contributed by atoms with van der Waals surface area (Å²) in [6.45, 7) is 0. The minimum atomic E-state index is 0.497. The van der Waals surface area contributed by atoms with E-state index in [1.54, 1.807) is 0 Å². The molecule has 2 aliphatic heterocycles. The van der Waals surface area contributed by atoms with E-state index in [0.29, 0.717) is 24.3 Å². The number of hydrogen-bond acceptors (Lipinski definition) is 2. The number of rotatable bonds is 2. The predicted molar refractivity (Wildman–Crippen MR) is 79.4 cm³/mol. The van der Waals surface area contributed by atoms with Crippen molar-refractivity contribution < 1.29 is 4.74 Å². The van der Waals surface area contributed by atoms with E-state index in [2.05, 4.69) is 39.4 Å². The summed E-state index contributed by atoms with van der Waals surface area (Å²) in [6, 6.07) is 7.99. The number of nitrogens with one attached hydrogen (secondary N) is 1. The van der Waals surface area contributed by atoms with Crippen LogP contribution in [0.1, 0.15) is 36.8 Å². The minimum Gasteiger partial charge on any atom is -0.373 e. The Labute approximate surface area is 123 Å². The van der Waals surface area contributed by atoms with Gasteiger partial charge in [-0.3, -0.25) is 0 Å². The van der Waals surface area contributed by atoms with Gasteiger partial charge in [0, 0.05) is 16.6 Å². The molecule has 2 saturated heterocycles. The maximum atomic E-state index is 5.94. The highest BCUT2D eigenvalue weighted by Crippen LogP contribution is 2.35. The first kappa shape index (κ1) is 12.4. The van der Waals surface area contributed by atoms with Crippen LogP contribution in [0.5, 0.6) is 0 Å². The molecule has 2 bridgehead atoms. The van der Waals surface area contributed by atoms with E-state index >= 15 is 0 Å². The molecule has 2 fully saturated rings. The maximum absolute atomic E-state index is 5.94. The van der Waals surface area contributed by atoms with Gasteiger partial charge in [-0.25, -0.2) is 0 Å². The quantitative estimate of drug-likeness (QED) is 0.903. The Morgan fingerprint density at radius 2 is 2.11 bits per heavy atom. The monoisotopic (exact) mass is 321 g/mol. The van der Waals surface area contributed by atoms with Crippen LogP contribution in [-0.4, -0.2) is 24.3 Å². The fourth-order valence-corrected chi connectivity index (χ4v) is 4.39. The third-order valence-corrected chi connectivity index (χ3v) is 5.45. The van der Waals surface area contributed by atoms with Crippen molar-refractivity contribution in [2.24, 2.45) is 0 Å². The Hall–Kier alpha value is -0.380. The van der Waals surface area contributed by atoms with Crippen molar-refractivity contribution in [3.8, 4) is 0 Å². The van der Waals surface area contributed by atoms with E-state index in [-0.39, 0.29) is 0 Å². The molecule has 0 amide bonds. The van der Waals surface area contributed by atoms with Crippen LogP contribution in [0.2, 0.25) is 0 Å². The first-order chi connectivity index (χ1) is 9.28. The minimum absolute atomic E-state index is 0.497. The topological polar surface area (TPSA) is 21.3 Å². The normalized spacial score (nSPS) is 36.5. The first-order valence-electron chi connectivity index (χ1n) is 7.47. The molecule has 0 saturated carbocycles. The number of fused-ring (bicyclic) bond motifs is 3. The highest BCUT2D eigenvalue weighted by Gasteiger charge is 2.41. The molecule has 4 unspecified atom stereocenters. The molecule has 0 aromatic heterocycles. The zero-order chi connectivity index (χ0) is 12.8. The molecule has 3 heteroatoms. The number of aryl methyl sites for hydroxylation is 1. The summed E-state index contributed by atoms with van der Waals surface area (Å²) in [4.78, 5) is 0. The van der Waals surface area contributed by atoms with E-state index < -0.39 is 0 Å². The van der Waals surface area contributed by atoms with Crippen molar-refractivity contribution >= 4 is 15.9 Å². The van der Waals surface area contributed by atoms with Gasteiger partial charge >= 0.3 is 0 Å². The molecule has 1 aromatic carbocycles. The molecule has 4 atom stereocenters. The Balaban J connectivity index is 1.43. The van der Waals surface area contributed by atoms with Crippen molar-refractivity contribution in [2.45, 2.75) is 62.8 Å². The zero-order valence-electron chi connectivity index (χ0n) is 11.1. The van der Waals surface area contributed by atoms with Gasteiger partial charge < -0.3 is 10.1 Å². The van der Waals surface area contributed by atoms with Gasteiger partial charge in [-0.15, -0.1) is 0 Å². The lowest BCUT2D eigenvalue weighted by Gasteiger charge is -2.30. The molecule has 1 aliphatic carbocycles. The van der Waals surface area contributed by atoms with E-state index in [0.717, 1.165) is 0 Å². The van der Waals surface area contributed by atoms with Gasteiger partial charge in [0.05, 0.1) is 12.2 Å². The number of ether oxygens (including phenoxy) is 1. The Bertz CT molecular complexity index is 490.